The lowest BCUT2D eigenvalue weighted by atomic mass is 9.90. The van der Waals surface area contributed by atoms with Crippen LogP contribution < -0.4 is 5.73 Å². The van der Waals surface area contributed by atoms with Gasteiger partial charge >= 0.3 is 0 Å². The van der Waals surface area contributed by atoms with Crippen LogP contribution in [0.2, 0.25) is 0 Å². The second kappa shape index (κ2) is 9.81. The number of carbonyl (C=O) groups is 1. The van der Waals surface area contributed by atoms with Gasteiger partial charge in [0, 0.05) is 6.92 Å². The molecule has 1 aliphatic carbocycles. The molecule has 0 spiro atoms. The molecular formula is C9H20ClNO2. The largest absolute Gasteiger partial charge is 0.481 e. The van der Waals surface area contributed by atoms with Gasteiger partial charge in [0.15, 0.2) is 0 Å². The van der Waals surface area contributed by atoms with E-state index in [0.717, 1.165) is 19.4 Å². The number of halogens is 1. The zero-order chi connectivity index (χ0) is 9.40. The Balaban J connectivity index is 0. The fourth-order valence-electron chi connectivity index (χ4n) is 1.42. The molecule has 13 heavy (non-hydrogen) atoms. The number of hydrogen-bond donors (Lipinski definition) is 2. The van der Waals surface area contributed by atoms with Crippen LogP contribution >= 0.6 is 12.4 Å². The maximum Gasteiger partial charge on any atom is 0.300 e. The average Bonchev–Trinajstić information content (AvgIpc) is 2.05. The van der Waals surface area contributed by atoms with E-state index in [1.54, 1.807) is 0 Å². The van der Waals surface area contributed by atoms with Crippen LogP contribution in [0.25, 0.3) is 0 Å². The molecule has 1 saturated carbocycles. The molecule has 3 nitrogen and oxygen atoms in total. The van der Waals surface area contributed by atoms with Gasteiger partial charge in [-0.2, -0.15) is 0 Å². The maximum atomic E-state index is 9.00. The molecule has 0 radical (unpaired) electrons. The van der Waals surface area contributed by atoms with Crippen molar-refractivity contribution in [3.8, 4) is 0 Å². The van der Waals surface area contributed by atoms with Crippen molar-refractivity contribution in [2.75, 3.05) is 6.54 Å². The highest BCUT2D eigenvalue weighted by atomic mass is 35.5. The lowest BCUT2D eigenvalue weighted by molar-refractivity contribution is -0.134. The van der Waals surface area contributed by atoms with Gasteiger partial charge in [0.25, 0.3) is 5.97 Å². The second-order valence-electron chi connectivity index (χ2n) is 3.26. The van der Waals surface area contributed by atoms with Gasteiger partial charge in [-0.15, -0.1) is 12.4 Å². The predicted octanol–water partition coefficient (Wildman–Crippen LogP) is 2.04. The van der Waals surface area contributed by atoms with E-state index in [1.807, 2.05) is 0 Å². The van der Waals surface area contributed by atoms with E-state index in [2.05, 4.69) is 0 Å². The molecule has 1 rings (SSSR count). The van der Waals surface area contributed by atoms with E-state index < -0.39 is 5.97 Å². The highest BCUT2D eigenvalue weighted by Crippen LogP contribution is 2.21. The van der Waals surface area contributed by atoms with Crippen molar-refractivity contribution in [2.24, 2.45) is 11.7 Å². The SMILES string of the molecule is CC(=O)O.Cl.NCC1CCCCC1. The highest BCUT2D eigenvalue weighted by molar-refractivity contribution is 5.85. The van der Waals surface area contributed by atoms with Gasteiger partial charge in [-0.05, 0) is 25.3 Å². The van der Waals surface area contributed by atoms with Gasteiger partial charge in [0.05, 0.1) is 0 Å². The third-order valence-corrected chi connectivity index (χ3v) is 2.06. The number of carboxylic acid groups (broad SMARTS) is 1. The fourth-order valence-corrected chi connectivity index (χ4v) is 1.42. The van der Waals surface area contributed by atoms with E-state index in [9.17, 15) is 0 Å². The second-order valence-corrected chi connectivity index (χ2v) is 3.26. The molecule has 0 aromatic carbocycles. The zero-order valence-electron chi connectivity index (χ0n) is 8.16. The van der Waals surface area contributed by atoms with Crippen molar-refractivity contribution >= 4 is 18.4 Å². The first kappa shape index (κ1) is 15.2. The summed E-state index contributed by atoms with van der Waals surface area (Å²) in [5.41, 5.74) is 5.50. The van der Waals surface area contributed by atoms with Crippen molar-refractivity contribution in [1.29, 1.82) is 0 Å². The molecule has 80 valence electrons. The van der Waals surface area contributed by atoms with Crippen molar-refractivity contribution in [1.82, 2.24) is 0 Å². The third-order valence-electron chi connectivity index (χ3n) is 2.06. The van der Waals surface area contributed by atoms with Crippen molar-refractivity contribution in [3.63, 3.8) is 0 Å². The Kier molecular flexibility index (Phi) is 11.5. The average molecular weight is 210 g/mol. The Hall–Kier alpha value is -0.280. The van der Waals surface area contributed by atoms with Crippen LogP contribution in [-0.4, -0.2) is 17.6 Å². The van der Waals surface area contributed by atoms with Crippen LogP contribution in [0.1, 0.15) is 39.0 Å². The maximum absolute atomic E-state index is 9.00. The Labute approximate surface area is 86.1 Å². The van der Waals surface area contributed by atoms with Crippen LogP contribution in [0.4, 0.5) is 0 Å². The molecule has 0 bridgehead atoms. The molecule has 0 aromatic rings. The lowest BCUT2D eigenvalue weighted by Crippen LogP contribution is -2.16. The van der Waals surface area contributed by atoms with E-state index in [4.69, 9.17) is 15.6 Å². The number of rotatable bonds is 1. The van der Waals surface area contributed by atoms with Gasteiger partial charge in [-0.25, -0.2) is 0 Å². The molecular weight excluding hydrogens is 190 g/mol. The van der Waals surface area contributed by atoms with Gasteiger partial charge in [-0.3, -0.25) is 4.79 Å². The van der Waals surface area contributed by atoms with Gasteiger partial charge < -0.3 is 10.8 Å². The molecule has 4 heteroatoms. The Morgan fingerprint density at radius 3 is 2.00 bits per heavy atom. The van der Waals surface area contributed by atoms with Crippen LogP contribution in [-0.2, 0) is 4.79 Å². The molecule has 1 fully saturated rings. The van der Waals surface area contributed by atoms with Crippen molar-refractivity contribution in [2.45, 2.75) is 39.0 Å². The van der Waals surface area contributed by atoms with Crippen LogP contribution in [0.3, 0.4) is 0 Å². The van der Waals surface area contributed by atoms with E-state index in [-0.39, 0.29) is 12.4 Å². The topological polar surface area (TPSA) is 63.3 Å². The number of aliphatic carboxylic acids is 1. The minimum atomic E-state index is -0.833. The predicted molar refractivity (Wildman–Crippen MR) is 56.2 cm³/mol. The first-order valence-corrected chi connectivity index (χ1v) is 4.56. The molecule has 0 saturated heterocycles. The standard InChI is InChI=1S/C7H15N.C2H4O2.ClH/c8-6-7-4-2-1-3-5-7;1-2(3)4;/h7H,1-6,8H2;1H3,(H,3,4);1H. The molecule has 0 amide bonds. The summed E-state index contributed by atoms with van der Waals surface area (Å²) in [5, 5.41) is 7.42. The summed E-state index contributed by atoms with van der Waals surface area (Å²) < 4.78 is 0. The molecule has 3 N–H and O–H groups in total. The number of hydrogen-bond acceptors (Lipinski definition) is 2. The quantitative estimate of drug-likeness (QED) is 0.695. The number of carboxylic acids is 1. The molecule has 0 heterocycles. The minimum absolute atomic E-state index is 0. The first-order chi connectivity index (χ1) is 5.66. The summed E-state index contributed by atoms with van der Waals surface area (Å²) in [5.74, 6) is 0.0312. The summed E-state index contributed by atoms with van der Waals surface area (Å²) in [7, 11) is 0. The summed E-state index contributed by atoms with van der Waals surface area (Å²) in [6.45, 7) is 2.00. The molecule has 0 aromatic heterocycles. The van der Waals surface area contributed by atoms with Crippen LogP contribution in [0.5, 0.6) is 0 Å². The van der Waals surface area contributed by atoms with Crippen LogP contribution in [0.15, 0.2) is 0 Å². The van der Waals surface area contributed by atoms with E-state index >= 15 is 0 Å². The van der Waals surface area contributed by atoms with Crippen molar-refractivity contribution < 1.29 is 9.90 Å². The number of nitrogens with two attached hydrogens (primary N) is 1. The monoisotopic (exact) mass is 209 g/mol. The molecule has 0 unspecified atom stereocenters. The molecule has 0 aliphatic heterocycles. The van der Waals surface area contributed by atoms with Gasteiger partial charge in [0.2, 0.25) is 0 Å². The summed E-state index contributed by atoms with van der Waals surface area (Å²) in [4.78, 5) is 9.00. The van der Waals surface area contributed by atoms with E-state index in [1.165, 1.54) is 32.1 Å². The van der Waals surface area contributed by atoms with Gasteiger partial charge in [0.1, 0.15) is 0 Å². The minimum Gasteiger partial charge on any atom is -0.481 e. The summed E-state index contributed by atoms with van der Waals surface area (Å²) in [6.07, 6.45) is 7.05. The Morgan fingerprint density at radius 2 is 1.77 bits per heavy atom. The van der Waals surface area contributed by atoms with Crippen molar-refractivity contribution in [3.05, 3.63) is 0 Å². The Morgan fingerprint density at radius 1 is 1.38 bits per heavy atom. The van der Waals surface area contributed by atoms with Crippen LogP contribution in [0, 0.1) is 5.92 Å². The lowest BCUT2D eigenvalue weighted by Gasteiger charge is -2.18. The fraction of sp³-hybridized carbons (Fsp3) is 0.889. The molecule has 0 atom stereocenters. The smallest absolute Gasteiger partial charge is 0.300 e. The Bertz CT molecular complexity index is 121. The normalized spacial score (nSPS) is 16.5. The first-order valence-electron chi connectivity index (χ1n) is 4.56. The van der Waals surface area contributed by atoms with Gasteiger partial charge in [-0.1, -0.05) is 19.3 Å². The molecule has 1 aliphatic rings. The summed E-state index contributed by atoms with van der Waals surface area (Å²) in [6, 6.07) is 0. The van der Waals surface area contributed by atoms with E-state index in [0.29, 0.717) is 0 Å². The zero-order valence-corrected chi connectivity index (χ0v) is 8.98. The highest BCUT2D eigenvalue weighted by Gasteiger charge is 2.09. The summed E-state index contributed by atoms with van der Waals surface area (Å²) >= 11 is 0. The third kappa shape index (κ3) is 11.7.